The number of aliphatic carboxylic acids is 1. The van der Waals surface area contributed by atoms with Gasteiger partial charge in [-0.05, 0) is 13.0 Å². The van der Waals surface area contributed by atoms with Gasteiger partial charge in [0.05, 0.1) is 12.1 Å². The highest BCUT2D eigenvalue weighted by molar-refractivity contribution is 5.66. The first kappa shape index (κ1) is 14.0. The SMILES string of the molecule is CC(c1ccnn1C)N1CCN(CCC(=O)O)CC1. The lowest BCUT2D eigenvalue weighted by Crippen LogP contribution is -2.47. The van der Waals surface area contributed by atoms with E-state index in [-0.39, 0.29) is 6.42 Å². The summed E-state index contributed by atoms with van der Waals surface area (Å²) in [6.45, 7) is 6.69. The van der Waals surface area contributed by atoms with Gasteiger partial charge in [0.25, 0.3) is 0 Å². The monoisotopic (exact) mass is 266 g/mol. The molecule has 0 aliphatic carbocycles. The standard InChI is InChI=1S/C13H22N4O2/c1-11(12-3-5-14-15(12)2)17-9-7-16(8-10-17)6-4-13(18)19/h3,5,11H,4,6-10H2,1-2H3,(H,18,19). The van der Waals surface area contributed by atoms with E-state index in [0.29, 0.717) is 12.6 Å². The lowest BCUT2D eigenvalue weighted by atomic mass is 10.1. The summed E-state index contributed by atoms with van der Waals surface area (Å²) in [5.41, 5.74) is 1.22. The van der Waals surface area contributed by atoms with Gasteiger partial charge in [0.1, 0.15) is 0 Å². The Morgan fingerprint density at radius 2 is 2.11 bits per heavy atom. The third kappa shape index (κ3) is 3.54. The molecule has 0 spiro atoms. The van der Waals surface area contributed by atoms with Gasteiger partial charge < -0.3 is 10.0 Å². The van der Waals surface area contributed by atoms with Crippen LogP contribution in [0.3, 0.4) is 0 Å². The summed E-state index contributed by atoms with van der Waals surface area (Å²) in [6.07, 6.45) is 2.06. The van der Waals surface area contributed by atoms with Gasteiger partial charge in [-0.1, -0.05) is 0 Å². The third-order valence-corrected chi connectivity index (χ3v) is 3.88. The van der Waals surface area contributed by atoms with Gasteiger partial charge in [-0.3, -0.25) is 14.4 Å². The van der Waals surface area contributed by atoms with Crippen molar-refractivity contribution in [2.24, 2.45) is 7.05 Å². The van der Waals surface area contributed by atoms with Crippen LogP contribution >= 0.6 is 0 Å². The molecular weight excluding hydrogens is 244 g/mol. The second kappa shape index (κ2) is 6.16. The van der Waals surface area contributed by atoms with Gasteiger partial charge in [-0.25, -0.2) is 0 Å². The van der Waals surface area contributed by atoms with Crippen LogP contribution in [0.4, 0.5) is 0 Å². The summed E-state index contributed by atoms with van der Waals surface area (Å²) in [5.74, 6) is -0.717. The van der Waals surface area contributed by atoms with Crippen molar-refractivity contribution in [2.45, 2.75) is 19.4 Å². The summed E-state index contributed by atoms with van der Waals surface area (Å²) in [5, 5.41) is 12.9. The lowest BCUT2D eigenvalue weighted by Gasteiger charge is -2.37. The molecule has 6 nitrogen and oxygen atoms in total. The van der Waals surface area contributed by atoms with E-state index in [0.717, 1.165) is 26.2 Å². The number of aromatic nitrogens is 2. The number of hydrogen-bond donors (Lipinski definition) is 1. The van der Waals surface area contributed by atoms with E-state index >= 15 is 0 Å². The number of hydrogen-bond acceptors (Lipinski definition) is 4. The third-order valence-electron chi connectivity index (χ3n) is 3.88. The van der Waals surface area contributed by atoms with Crippen molar-refractivity contribution >= 4 is 5.97 Å². The molecule has 1 fully saturated rings. The molecule has 0 bridgehead atoms. The number of carboxylic acid groups (broad SMARTS) is 1. The maximum atomic E-state index is 10.6. The van der Waals surface area contributed by atoms with Gasteiger partial charge in [-0.2, -0.15) is 5.10 Å². The first-order valence-corrected chi connectivity index (χ1v) is 6.74. The zero-order valence-corrected chi connectivity index (χ0v) is 11.6. The highest BCUT2D eigenvalue weighted by Crippen LogP contribution is 2.20. The summed E-state index contributed by atoms with van der Waals surface area (Å²) in [7, 11) is 1.97. The van der Waals surface area contributed by atoms with Crippen molar-refractivity contribution in [1.82, 2.24) is 19.6 Å². The second-order valence-electron chi connectivity index (χ2n) is 5.08. The Kier molecular flexibility index (Phi) is 4.55. The quantitative estimate of drug-likeness (QED) is 0.844. The number of carbonyl (C=O) groups is 1. The fraction of sp³-hybridized carbons (Fsp3) is 0.692. The Morgan fingerprint density at radius 1 is 1.42 bits per heavy atom. The van der Waals surface area contributed by atoms with Crippen LogP contribution in [0.5, 0.6) is 0 Å². The highest BCUT2D eigenvalue weighted by atomic mass is 16.4. The van der Waals surface area contributed by atoms with Crippen LogP contribution in [0, 0.1) is 0 Å². The summed E-state index contributed by atoms with van der Waals surface area (Å²) in [6, 6.07) is 2.41. The molecule has 6 heteroatoms. The van der Waals surface area contributed by atoms with E-state index in [9.17, 15) is 4.79 Å². The largest absolute Gasteiger partial charge is 0.481 e. The fourth-order valence-electron chi connectivity index (χ4n) is 2.61. The van der Waals surface area contributed by atoms with E-state index in [1.807, 2.05) is 17.9 Å². The minimum absolute atomic E-state index is 0.233. The van der Waals surface area contributed by atoms with E-state index in [2.05, 4.69) is 27.9 Å². The molecule has 1 saturated heterocycles. The minimum Gasteiger partial charge on any atom is -0.481 e. The highest BCUT2D eigenvalue weighted by Gasteiger charge is 2.23. The molecule has 106 valence electrons. The molecule has 1 N–H and O–H groups in total. The molecule has 19 heavy (non-hydrogen) atoms. The van der Waals surface area contributed by atoms with Crippen molar-refractivity contribution in [2.75, 3.05) is 32.7 Å². The molecule has 1 aromatic heterocycles. The van der Waals surface area contributed by atoms with Gasteiger partial charge in [0.15, 0.2) is 0 Å². The maximum absolute atomic E-state index is 10.6. The van der Waals surface area contributed by atoms with E-state index in [4.69, 9.17) is 5.11 Å². The molecule has 0 amide bonds. The Morgan fingerprint density at radius 3 is 2.63 bits per heavy atom. The van der Waals surface area contributed by atoms with Crippen molar-refractivity contribution < 1.29 is 9.90 Å². The molecule has 1 unspecified atom stereocenters. The van der Waals surface area contributed by atoms with Crippen LogP contribution in [0.1, 0.15) is 25.1 Å². The summed E-state index contributed by atoms with van der Waals surface area (Å²) in [4.78, 5) is 15.2. The smallest absolute Gasteiger partial charge is 0.304 e. The molecule has 0 aromatic carbocycles. The minimum atomic E-state index is -0.717. The molecule has 2 rings (SSSR count). The van der Waals surface area contributed by atoms with Crippen LogP contribution in [-0.2, 0) is 11.8 Å². The van der Waals surface area contributed by atoms with Crippen molar-refractivity contribution in [3.05, 3.63) is 18.0 Å². The Balaban J connectivity index is 1.83. The number of nitrogens with zero attached hydrogens (tertiary/aromatic N) is 4. The predicted molar refractivity (Wildman–Crippen MR) is 71.9 cm³/mol. The van der Waals surface area contributed by atoms with E-state index in [1.54, 1.807) is 0 Å². The molecule has 1 aromatic rings. The lowest BCUT2D eigenvalue weighted by molar-refractivity contribution is -0.137. The number of aryl methyl sites for hydroxylation is 1. The molecule has 1 atom stereocenters. The van der Waals surface area contributed by atoms with Gasteiger partial charge >= 0.3 is 5.97 Å². The van der Waals surface area contributed by atoms with Crippen LogP contribution in [0.25, 0.3) is 0 Å². The summed E-state index contributed by atoms with van der Waals surface area (Å²) >= 11 is 0. The molecule has 1 aliphatic heterocycles. The molecule has 0 radical (unpaired) electrons. The number of piperazine rings is 1. The zero-order chi connectivity index (χ0) is 13.8. The Labute approximate surface area is 113 Å². The van der Waals surface area contributed by atoms with Crippen LogP contribution in [0.2, 0.25) is 0 Å². The fourth-order valence-corrected chi connectivity index (χ4v) is 2.61. The Bertz CT molecular complexity index is 424. The molecule has 1 aliphatic rings. The number of carboxylic acids is 1. The normalized spacial score (nSPS) is 19.5. The van der Waals surface area contributed by atoms with E-state index in [1.165, 1.54) is 5.69 Å². The van der Waals surface area contributed by atoms with Crippen LogP contribution in [0.15, 0.2) is 12.3 Å². The maximum Gasteiger partial charge on any atom is 0.304 e. The summed E-state index contributed by atoms with van der Waals surface area (Å²) < 4.78 is 1.92. The van der Waals surface area contributed by atoms with Gasteiger partial charge in [0.2, 0.25) is 0 Å². The topological polar surface area (TPSA) is 61.6 Å². The average molecular weight is 266 g/mol. The predicted octanol–water partition coefficient (Wildman–Crippen LogP) is 0.573. The van der Waals surface area contributed by atoms with Crippen molar-refractivity contribution in [3.8, 4) is 0 Å². The zero-order valence-electron chi connectivity index (χ0n) is 11.6. The van der Waals surface area contributed by atoms with Crippen LogP contribution in [-0.4, -0.2) is 63.4 Å². The van der Waals surface area contributed by atoms with Crippen molar-refractivity contribution in [3.63, 3.8) is 0 Å². The van der Waals surface area contributed by atoms with E-state index < -0.39 is 5.97 Å². The van der Waals surface area contributed by atoms with Crippen molar-refractivity contribution in [1.29, 1.82) is 0 Å². The van der Waals surface area contributed by atoms with Gasteiger partial charge in [-0.15, -0.1) is 0 Å². The van der Waals surface area contributed by atoms with Crippen LogP contribution < -0.4 is 0 Å². The molecular formula is C13H22N4O2. The first-order valence-electron chi connectivity index (χ1n) is 6.74. The second-order valence-corrected chi connectivity index (χ2v) is 5.08. The van der Waals surface area contributed by atoms with Gasteiger partial charge in [0, 0.05) is 52.0 Å². The first-order chi connectivity index (χ1) is 9.08. The average Bonchev–Trinajstić information content (AvgIpc) is 2.82. The number of rotatable bonds is 5. The Hall–Kier alpha value is -1.40. The molecule has 2 heterocycles. The molecule has 0 saturated carbocycles.